The van der Waals surface area contributed by atoms with Crippen LogP contribution in [0.2, 0.25) is 0 Å². The van der Waals surface area contributed by atoms with E-state index in [-0.39, 0.29) is 23.8 Å². The first-order chi connectivity index (χ1) is 17.5. The Labute approximate surface area is 206 Å². The first kappa shape index (κ1) is 22.1. The Morgan fingerprint density at radius 2 is 2.14 bits per heavy atom. The summed E-state index contributed by atoms with van der Waals surface area (Å²) < 4.78 is 27.7. The highest BCUT2D eigenvalue weighted by atomic mass is 19.1. The van der Waals surface area contributed by atoms with Gasteiger partial charge in [-0.15, -0.1) is 0 Å². The van der Waals surface area contributed by atoms with E-state index in [1.54, 1.807) is 23.0 Å². The number of carbonyl (C=O) groups is 1. The molecular weight excluding hydrogens is 461 g/mol. The number of methoxy groups -OCH3 is 1. The van der Waals surface area contributed by atoms with Crippen LogP contribution in [0.3, 0.4) is 0 Å². The van der Waals surface area contributed by atoms with Gasteiger partial charge in [0, 0.05) is 23.7 Å². The van der Waals surface area contributed by atoms with Gasteiger partial charge >= 0.3 is 0 Å². The van der Waals surface area contributed by atoms with Crippen LogP contribution in [0.1, 0.15) is 29.9 Å². The van der Waals surface area contributed by atoms with Crippen molar-refractivity contribution in [3.05, 3.63) is 72.3 Å². The standard InChI is InChI=1S/C27H24FN5O3/c1-15-5-3-6-16-14-30-27(34)25-24(31-22-8-4-7-20(28)26(22)35-2)23(32-33(16)25)18-11-12-29-21-10-9-17(36-15)13-19(18)21/h3-5,7-13,15-16,31H,6,14H2,1-2H3,(H,30,34)/b5-3-. The Morgan fingerprint density at radius 3 is 3.00 bits per heavy atom. The molecule has 2 atom stereocenters. The Balaban J connectivity index is 1.64. The number of hydrogen-bond acceptors (Lipinski definition) is 6. The van der Waals surface area contributed by atoms with Crippen LogP contribution in [0.25, 0.3) is 22.2 Å². The summed E-state index contributed by atoms with van der Waals surface area (Å²) in [6.45, 7) is 2.42. The number of rotatable bonds is 3. The zero-order chi connectivity index (χ0) is 24.8. The van der Waals surface area contributed by atoms with Gasteiger partial charge in [-0.1, -0.05) is 12.1 Å². The number of aromatic nitrogens is 3. The number of halogens is 1. The number of allylic oxidation sites excluding steroid dienone is 1. The van der Waals surface area contributed by atoms with Crippen molar-refractivity contribution in [3.8, 4) is 22.8 Å². The number of carbonyl (C=O) groups excluding carboxylic acids is 1. The summed E-state index contributed by atoms with van der Waals surface area (Å²) in [5, 5.41) is 12.0. The minimum Gasteiger partial charge on any atom is -0.492 e. The van der Waals surface area contributed by atoms with Crippen molar-refractivity contribution in [2.75, 3.05) is 19.0 Å². The molecule has 1 amide bonds. The fourth-order valence-electron chi connectivity index (χ4n) is 4.82. The molecule has 182 valence electrons. The monoisotopic (exact) mass is 485 g/mol. The normalized spacial score (nSPS) is 19.5. The highest BCUT2D eigenvalue weighted by Crippen LogP contribution is 2.41. The molecule has 6 rings (SSSR count). The molecule has 4 bridgehead atoms. The Morgan fingerprint density at radius 1 is 1.25 bits per heavy atom. The Kier molecular flexibility index (Phi) is 5.32. The number of benzene rings is 2. The van der Waals surface area contributed by atoms with Gasteiger partial charge in [0.15, 0.2) is 17.3 Å². The summed E-state index contributed by atoms with van der Waals surface area (Å²) in [5.41, 5.74) is 3.33. The highest BCUT2D eigenvalue weighted by molar-refractivity contribution is 6.06. The van der Waals surface area contributed by atoms with Crippen molar-refractivity contribution < 1.29 is 18.7 Å². The maximum atomic E-state index is 14.5. The largest absolute Gasteiger partial charge is 0.492 e. The lowest BCUT2D eigenvalue weighted by molar-refractivity contribution is 0.0910. The molecule has 8 nitrogen and oxygen atoms in total. The molecular formula is C27H24FN5O3. The molecule has 4 aromatic rings. The van der Waals surface area contributed by atoms with E-state index in [0.29, 0.717) is 41.5 Å². The van der Waals surface area contributed by atoms with Crippen LogP contribution >= 0.6 is 0 Å². The predicted molar refractivity (Wildman–Crippen MR) is 134 cm³/mol. The number of para-hydroxylation sites is 1. The molecule has 2 N–H and O–H groups in total. The van der Waals surface area contributed by atoms with Gasteiger partial charge in [0.1, 0.15) is 17.5 Å². The number of ether oxygens (including phenoxy) is 2. The maximum Gasteiger partial charge on any atom is 0.271 e. The summed E-state index contributed by atoms with van der Waals surface area (Å²) in [5.74, 6) is -0.00655. The summed E-state index contributed by atoms with van der Waals surface area (Å²) >= 11 is 0. The van der Waals surface area contributed by atoms with E-state index >= 15 is 0 Å². The SMILES string of the molecule is COc1c(F)cccc1Nc1c2nn3c1C(=O)NCC3C/C=C\C(C)Oc1ccc3nccc-2c3c1. The molecule has 2 aliphatic heterocycles. The second kappa shape index (κ2) is 8.67. The van der Waals surface area contributed by atoms with E-state index in [0.717, 1.165) is 16.5 Å². The summed E-state index contributed by atoms with van der Waals surface area (Å²) in [6.07, 6.45) is 6.28. The molecule has 2 aromatic heterocycles. The van der Waals surface area contributed by atoms with Gasteiger partial charge in [0.2, 0.25) is 0 Å². The minimum absolute atomic E-state index is 0.0535. The van der Waals surface area contributed by atoms with Gasteiger partial charge in [0.25, 0.3) is 5.91 Å². The lowest BCUT2D eigenvalue weighted by atomic mass is 10.0. The molecule has 0 saturated heterocycles. The summed E-state index contributed by atoms with van der Waals surface area (Å²) in [7, 11) is 1.41. The Hall–Kier alpha value is -4.40. The van der Waals surface area contributed by atoms with E-state index in [1.807, 2.05) is 43.3 Å². The third-order valence-corrected chi connectivity index (χ3v) is 6.51. The second-order valence-electron chi connectivity index (χ2n) is 8.85. The quantitative estimate of drug-likeness (QED) is 0.397. The van der Waals surface area contributed by atoms with E-state index in [9.17, 15) is 9.18 Å². The number of anilines is 2. The molecule has 0 spiro atoms. The summed E-state index contributed by atoms with van der Waals surface area (Å²) in [6, 6.07) is 12.1. The van der Waals surface area contributed by atoms with Gasteiger partial charge in [-0.2, -0.15) is 5.10 Å². The van der Waals surface area contributed by atoms with Gasteiger partial charge in [-0.25, -0.2) is 4.39 Å². The van der Waals surface area contributed by atoms with Crippen LogP contribution < -0.4 is 20.1 Å². The molecule has 2 aromatic carbocycles. The van der Waals surface area contributed by atoms with Gasteiger partial charge < -0.3 is 20.1 Å². The van der Waals surface area contributed by atoms with Crippen molar-refractivity contribution in [1.29, 1.82) is 0 Å². The van der Waals surface area contributed by atoms with Gasteiger partial charge in [-0.05, 0) is 55.8 Å². The van der Waals surface area contributed by atoms with Crippen LogP contribution in [0.5, 0.6) is 11.5 Å². The second-order valence-corrected chi connectivity index (χ2v) is 8.85. The van der Waals surface area contributed by atoms with Crippen LogP contribution in [0, 0.1) is 5.82 Å². The smallest absolute Gasteiger partial charge is 0.271 e. The highest BCUT2D eigenvalue weighted by Gasteiger charge is 2.33. The number of nitrogens with one attached hydrogen (secondary N) is 2. The molecule has 0 aliphatic carbocycles. The van der Waals surface area contributed by atoms with Crippen LogP contribution in [0.15, 0.2) is 60.8 Å². The van der Waals surface area contributed by atoms with Crippen molar-refractivity contribution >= 4 is 28.2 Å². The van der Waals surface area contributed by atoms with E-state index in [4.69, 9.17) is 14.6 Å². The third kappa shape index (κ3) is 3.64. The van der Waals surface area contributed by atoms with E-state index in [2.05, 4.69) is 15.6 Å². The van der Waals surface area contributed by atoms with Gasteiger partial charge in [0.05, 0.1) is 30.0 Å². The van der Waals surface area contributed by atoms with Crippen molar-refractivity contribution in [2.24, 2.45) is 0 Å². The molecule has 0 radical (unpaired) electrons. The number of amides is 1. The van der Waals surface area contributed by atoms with Crippen LogP contribution in [0.4, 0.5) is 15.8 Å². The molecule has 4 heterocycles. The van der Waals surface area contributed by atoms with Crippen LogP contribution in [-0.2, 0) is 0 Å². The van der Waals surface area contributed by atoms with Crippen molar-refractivity contribution in [1.82, 2.24) is 20.1 Å². The third-order valence-electron chi connectivity index (χ3n) is 6.51. The number of pyridine rings is 1. The average molecular weight is 486 g/mol. The van der Waals surface area contributed by atoms with E-state index in [1.165, 1.54) is 13.2 Å². The zero-order valence-corrected chi connectivity index (χ0v) is 19.8. The molecule has 9 heteroatoms. The first-order valence-corrected chi connectivity index (χ1v) is 11.8. The topological polar surface area (TPSA) is 90.3 Å². The predicted octanol–water partition coefficient (Wildman–Crippen LogP) is 5.00. The Bertz CT molecular complexity index is 1530. The lowest BCUT2D eigenvalue weighted by Crippen LogP contribution is -2.39. The lowest BCUT2D eigenvalue weighted by Gasteiger charge is -2.25. The minimum atomic E-state index is -0.509. The maximum absolute atomic E-state index is 14.5. The fraction of sp³-hybridized carbons (Fsp3) is 0.222. The fourth-order valence-corrected chi connectivity index (χ4v) is 4.82. The van der Waals surface area contributed by atoms with Gasteiger partial charge in [-0.3, -0.25) is 14.5 Å². The molecule has 0 saturated carbocycles. The molecule has 2 unspecified atom stereocenters. The van der Waals surface area contributed by atoms with Crippen LogP contribution in [-0.4, -0.2) is 40.4 Å². The number of hydrogen-bond donors (Lipinski definition) is 2. The number of nitrogens with zero attached hydrogens (tertiary/aromatic N) is 3. The van der Waals surface area contributed by atoms with E-state index < -0.39 is 5.82 Å². The first-order valence-electron chi connectivity index (χ1n) is 11.8. The van der Waals surface area contributed by atoms with Crippen molar-refractivity contribution in [3.63, 3.8) is 0 Å². The average Bonchev–Trinajstić information content (AvgIpc) is 3.25. The molecule has 0 fully saturated rings. The summed E-state index contributed by atoms with van der Waals surface area (Å²) in [4.78, 5) is 17.7. The zero-order valence-electron chi connectivity index (χ0n) is 19.8. The van der Waals surface area contributed by atoms with Crippen molar-refractivity contribution in [2.45, 2.75) is 25.5 Å². The molecule has 2 aliphatic rings. The number of fused-ring (bicyclic) bond motifs is 3. The molecule has 36 heavy (non-hydrogen) atoms.